The van der Waals surface area contributed by atoms with Gasteiger partial charge >= 0.3 is 5.97 Å². The Morgan fingerprint density at radius 1 is 0.957 bits per heavy atom. The van der Waals surface area contributed by atoms with Gasteiger partial charge in [-0.3, -0.25) is 4.79 Å². The van der Waals surface area contributed by atoms with Gasteiger partial charge in [-0.25, -0.2) is 0 Å². The van der Waals surface area contributed by atoms with Crippen molar-refractivity contribution in [2.45, 2.75) is 39.5 Å². The van der Waals surface area contributed by atoms with Crippen LogP contribution in [0.5, 0.6) is 0 Å². The molecule has 132 valence electrons. The molecule has 0 aliphatic rings. The lowest BCUT2D eigenvalue weighted by Gasteiger charge is -2.07. The molecule has 0 rings (SSSR count). The first-order valence-corrected chi connectivity index (χ1v) is 7.93. The molecule has 23 heavy (non-hydrogen) atoms. The van der Waals surface area contributed by atoms with Crippen molar-refractivity contribution in [3.8, 4) is 0 Å². The van der Waals surface area contributed by atoms with E-state index in [0.717, 1.165) is 43.8 Å². The number of methoxy groups -OCH3 is 2. The Morgan fingerprint density at radius 3 is 1.96 bits per heavy atom. The first-order chi connectivity index (χ1) is 11.1. The lowest BCUT2D eigenvalue weighted by molar-refractivity contribution is -0.140. The number of carbonyl (C=O) groups is 1. The van der Waals surface area contributed by atoms with Crippen LogP contribution >= 0.6 is 0 Å². The van der Waals surface area contributed by atoms with E-state index in [1.807, 2.05) is 12.2 Å². The van der Waals surface area contributed by atoms with E-state index >= 15 is 0 Å². The molecule has 0 aliphatic heterocycles. The van der Waals surface area contributed by atoms with Crippen molar-refractivity contribution in [3.63, 3.8) is 0 Å². The molecule has 0 saturated carbocycles. The minimum Gasteiger partial charge on any atom is -0.498 e. The van der Waals surface area contributed by atoms with Crippen molar-refractivity contribution >= 4 is 5.97 Å². The molecule has 0 saturated heterocycles. The van der Waals surface area contributed by atoms with Gasteiger partial charge < -0.3 is 14.2 Å². The summed E-state index contributed by atoms with van der Waals surface area (Å²) in [6, 6.07) is 0. The Bertz CT molecular complexity index is 365. The highest BCUT2D eigenvalue weighted by atomic mass is 16.5. The number of unbranched alkanes of at least 4 members (excludes halogenated alkanes) is 1. The van der Waals surface area contributed by atoms with E-state index in [2.05, 4.69) is 24.8 Å². The van der Waals surface area contributed by atoms with Crippen LogP contribution in [0.1, 0.15) is 39.5 Å². The Balaban J connectivity index is 0. The molecule has 4 nitrogen and oxygen atoms in total. The zero-order valence-corrected chi connectivity index (χ0v) is 15.1. The molecule has 0 aliphatic carbocycles. The number of carbonyl (C=O) groups excluding carboxylic acids is 1. The molecule has 0 radical (unpaired) electrons. The number of ether oxygens (including phenoxy) is 3. The molecule has 0 atom stereocenters. The molecule has 0 aromatic heterocycles. The van der Waals surface area contributed by atoms with Crippen molar-refractivity contribution in [2.24, 2.45) is 0 Å². The van der Waals surface area contributed by atoms with Crippen LogP contribution in [0.2, 0.25) is 0 Å². The number of allylic oxidation sites excluding steroid dienone is 6. The second-order valence-electron chi connectivity index (χ2n) is 4.54. The Hall–Kier alpha value is -1.81. The second-order valence-corrected chi connectivity index (χ2v) is 4.54. The standard InChI is InChI=1S/C15H24O2.C4H8O2/c1-5-14(6-2)10-11-15(7-3)17-13-9-8-12-16-4;1-3-4(5)6-2/h5-6,10-11H,1-2,7-9,12-13H2,3-4H3;3H2,1-2H3/b15-11+;. The molecule has 0 amide bonds. The second kappa shape index (κ2) is 18.2. The third-order valence-corrected chi connectivity index (χ3v) is 2.83. The minimum absolute atomic E-state index is 0.157. The summed E-state index contributed by atoms with van der Waals surface area (Å²) < 4.78 is 14.9. The van der Waals surface area contributed by atoms with Crippen LogP contribution in [0, 0.1) is 0 Å². The third kappa shape index (κ3) is 16.4. The number of hydrogen-bond acceptors (Lipinski definition) is 4. The van der Waals surface area contributed by atoms with Crippen molar-refractivity contribution < 1.29 is 19.0 Å². The normalized spacial score (nSPS) is 10.0. The molecule has 0 aromatic rings. The summed E-state index contributed by atoms with van der Waals surface area (Å²) in [4.78, 5) is 9.96. The van der Waals surface area contributed by atoms with Crippen LogP contribution < -0.4 is 0 Å². The van der Waals surface area contributed by atoms with E-state index in [1.165, 1.54) is 7.11 Å². The number of esters is 1. The van der Waals surface area contributed by atoms with Crippen molar-refractivity contribution in [1.82, 2.24) is 0 Å². The van der Waals surface area contributed by atoms with Crippen LogP contribution in [-0.4, -0.2) is 33.4 Å². The largest absolute Gasteiger partial charge is 0.498 e. The Morgan fingerprint density at radius 2 is 1.57 bits per heavy atom. The average molecular weight is 324 g/mol. The maximum Gasteiger partial charge on any atom is 0.305 e. The quantitative estimate of drug-likeness (QED) is 0.241. The fourth-order valence-electron chi connectivity index (χ4n) is 1.37. The molecule has 0 aromatic carbocycles. The van der Waals surface area contributed by atoms with Gasteiger partial charge in [0.2, 0.25) is 0 Å². The van der Waals surface area contributed by atoms with E-state index in [4.69, 9.17) is 9.47 Å². The highest BCUT2D eigenvalue weighted by Crippen LogP contribution is 2.07. The van der Waals surface area contributed by atoms with Gasteiger partial charge in [0, 0.05) is 26.6 Å². The van der Waals surface area contributed by atoms with Gasteiger partial charge in [0.1, 0.15) is 0 Å². The van der Waals surface area contributed by atoms with E-state index in [9.17, 15) is 4.79 Å². The molecular formula is C19H32O4. The SMILES string of the molecule is C=CC(C=C)=C/C=C(\CC)OCCCCOC.CCC(=O)OC. The zero-order chi connectivity index (χ0) is 17.9. The summed E-state index contributed by atoms with van der Waals surface area (Å²) in [6.45, 7) is 12.8. The van der Waals surface area contributed by atoms with Crippen LogP contribution in [0.25, 0.3) is 0 Å². The average Bonchev–Trinajstić information content (AvgIpc) is 2.60. The van der Waals surface area contributed by atoms with Crippen LogP contribution in [0.15, 0.2) is 48.8 Å². The van der Waals surface area contributed by atoms with Crippen LogP contribution in [0.4, 0.5) is 0 Å². The molecule has 4 heteroatoms. The number of rotatable bonds is 11. The molecular weight excluding hydrogens is 292 g/mol. The van der Waals surface area contributed by atoms with Crippen molar-refractivity contribution in [3.05, 3.63) is 48.8 Å². The van der Waals surface area contributed by atoms with Gasteiger partial charge in [-0.15, -0.1) is 0 Å². The minimum atomic E-state index is -0.157. The molecule has 0 fully saturated rings. The monoisotopic (exact) mass is 324 g/mol. The zero-order valence-electron chi connectivity index (χ0n) is 15.1. The van der Waals surface area contributed by atoms with E-state index in [0.29, 0.717) is 6.42 Å². The Kier molecular flexibility index (Phi) is 18.6. The predicted octanol–water partition coefficient (Wildman–Crippen LogP) is 4.59. The van der Waals surface area contributed by atoms with Gasteiger partial charge in [-0.2, -0.15) is 0 Å². The molecule has 0 unspecified atom stereocenters. The Labute approximate surface area is 141 Å². The topological polar surface area (TPSA) is 44.8 Å². The fraction of sp³-hybridized carbons (Fsp3) is 0.526. The maximum atomic E-state index is 9.96. The van der Waals surface area contributed by atoms with Crippen molar-refractivity contribution in [2.75, 3.05) is 27.4 Å². The van der Waals surface area contributed by atoms with Gasteiger partial charge in [0.05, 0.1) is 19.5 Å². The fourth-order valence-corrected chi connectivity index (χ4v) is 1.37. The highest BCUT2D eigenvalue weighted by Gasteiger charge is 1.94. The van der Waals surface area contributed by atoms with E-state index in [-0.39, 0.29) is 5.97 Å². The van der Waals surface area contributed by atoms with Crippen LogP contribution in [-0.2, 0) is 19.0 Å². The maximum absolute atomic E-state index is 9.96. The molecule has 0 bridgehead atoms. The predicted molar refractivity (Wildman–Crippen MR) is 96.2 cm³/mol. The summed E-state index contributed by atoms with van der Waals surface area (Å²) in [5, 5.41) is 0. The molecule has 0 heterocycles. The number of hydrogen-bond donors (Lipinski definition) is 0. The van der Waals surface area contributed by atoms with E-state index < -0.39 is 0 Å². The lowest BCUT2D eigenvalue weighted by Crippen LogP contribution is -1.97. The summed E-state index contributed by atoms with van der Waals surface area (Å²) >= 11 is 0. The van der Waals surface area contributed by atoms with Gasteiger partial charge in [0.25, 0.3) is 0 Å². The highest BCUT2D eigenvalue weighted by molar-refractivity contribution is 5.68. The molecule has 0 N–H and O–H groups in total. The van der Waals surface area contributed by atoms with Gasteiger partial charge in [-0.05, 0) is 24.5 Å². The summed E-state index contributed by atoms with van der Waals surface area (Å²) in [5.74, 6) is 0.832. The molecule has 0 spiro atoms. The van der Waals surface area contributed by atoms with Crippen LogP contribution in [0.3, 0.4) is 0 Å². The smallest absolute Gasteiger partial charge is 0.305 e. The summed E-state index contributed by atoms with van der Waals surface area (Å²) in [6.07, 6.45) is 10.9. The summed E-state index contributed by atoms with van der Waals surface area (Å²) in [5.41, 5.74) is 0.999. The third-order valence-electron chi connectivity index (χ3n) is 2.83. The van der Waals surface area contributed by atoms with E-state index in [1.54, 1.807) is 26.2 Å². The lowest BCUT2D eigenvalue weighted by atomic mass is 10.2. The summed E-state index contributed by atoms with van der Waals surface area (Å²) in [7, 11) is 3.10. The van der Waals surface area contributed by atoms with Gasteiger partial charge in [0.15, 0.2) is 0 Å². The van der Waals surface area contributed by atoms with Crippen molar-refractivity contribution in [1.29, 1.82) is 0 Å². The first kappa shape index (κ1) is 23.5. The first-order valence-electron chi connectivity index (χ1n) is 7.93. The van der Waals surface area contributed by atoms with Gasteiger partial charge in [-0.1, -0.05) is 45.2 Å².